The van der Waals surface area contributed by atoms with Crippen LogP contribution in [0.5, 0.6) is 0 Å². The molecule has 1 aromatic rings. The summed E-state index contributed by atoms with van der Waals surface area (Å²) >= 11 is 1.29. The SMILES string of the molecule is CC[SH]=CCCC(=O)OCc1ccccc1. The molecule has 0 spiro atoms. The molecule has 0 saturated heterocycles. The number of carbonyl (C=O) groups excluding carboxylic acids is 1. The van der Waals surface area contributed by atoms with Crippen LogP contribution in [-0.4, -0.2) is 17.1 Å². The number of thiol groups is 1. The minimum absolute atomic E-state index is 0.119. The first-order valence-electron chi connectivity index (χ1n) is 5.50. The normalized spacial score (nSPS) is 11.1. The molecule has 88 valence electrons. The quantitative estimate of drug-likeness (QED) is 0.468. The zero-order chi connectivity index (χ0) is 11.6. The number of esters is 1. The maximum Gasteiger partial charge on any atom is 0.306 e. The standard InChI is InChI=1S/C13H18O2S/c1-2-16-10-6-9-13(14)15-11-12-7-4-3-5-8-12/h3-5,7-8,10,16H,2,6,9,11H2,1H3. The zero-order valence-electron chi connectivity index (χ0n) is 9.56. The van der Waals surface area contributed by atoms with Gasteiger partial charge in [0.2, 0.25) is 0 Å². The minimum Gasteiger partial charge on any atom is -0.461 e. The van der Waals surface area contributed by atoms with Gasteiger partial charge in [0, 0.05) is 6.42 Å². The molecule has 0 aromatic heterocycles. The number of rotatable bonds is 6. The lowest BCUT2D eigenvalue weighted by molar-refractivity contribution is -0.144. The predicted molar refractivity (Wildman–Crippen MR) is 71.1 cm³/mol. The van der Waals surface area contributed by atoms with E-state index in [1.807, 2.05) is 30.3 Å². The first-order chi connectivity index (χ1) is 7.83. The van der Waals surface area contributed by atoms with Crippen LogP contribution < -0.4 is 0 Å². The lowest BCUT2D eigenvalue weighted by Crippen LogP contribution is -2.04. The summed E-state index contributed by atoms with van der Waals surface area (Å²) < 4.78 is 5.15. The monoisotopic (exact) mass is 238 g/mol. The highest BCUT2D eigenvalue weighted by atomic mass is 32.1. The molecule has 0 radical (unpaired) electrons. The Morgan fingerprint density at radius 2 is 2.12 bits per heavy atom. The van der Waals surface area contributed by atoms with Crippen molar-refractivity contribution < 1.29 is 9.53 Å². The maximum absolute atomic E-state index is 11.3. The van der Waals surface area contributed by atoms with Crippen molar-refractivity contribution in [3.8, 4) is 0 Å². The summed E-state index contributed by atoms with van der Waals surface area (Å²) in [6.45, 7) is 2.50. The number of hydrogen-bond donors (Lipinski definition) is 1. The summed E-state index contributed by atoms with van der Waals surface area (Å²) in [6.07, 6.45) is 1.29. The van der Waals surface area contributed by atoms with Crippen molar-refractivity contribution in [1.82, 2.24) is 0 Å². The summed E-state index contributed by atoms with van der Waals surface area (Å²) in [4.78, 5) is 11.3. The second-order valence-corrected chi connectivity index (χ2v) is 4.73. The van der Waals surface area contributed by atoms with Crippen LogP contribution in [0.25, 0.3) is 0 Å². The van der Waals surface area contributed by atoms with E-state index in [1.165, 1.54) is 11.4 Å². The lowest BCUT2D eigenvalue weighted by atomic mass is 10.2. The molecule has 0 aliphatic carbocycles. The molecule has 1 rings (SSSR count). The van der Waals surface area contributed by atoms with E-state index < -0.39 is 0 Å². The van der Waals surface area contributed by atoms with E-state index in [-0.39, 0.29) is 5.97 Å². The second kappa shape index (κ2) is 8.11. The van der Waals surface area contributed by atoms with Crippen LogP contribution in [0.2, 0.25) is 0 Å². The number of ether oxygens (including phenoxy) is 1. The Balaban J connectivity index is 2.18. The Morgan fingerprint density at radius 3 is 2.81 bits per heavy atom. The first kappa shape index (κ1) is 13.0. The summed E-state index contributed by atoms with van der Waals surface area (Å²) in [5.74, 6) is 0.991. The van der Waals surface area contributed by atoms with Crippen molar-refractivity contribution in [2.24, 2.45) is 0 Å². The van der Waals surface area contributed by atoms with Crippen LogP contribution in [0.4, 0.5) is 0 Å². The maximum atomic E-state index is 11.3. The highest BCUT2D eigenvalue weighted by Crippen LogP contribution is 2.02. The first-order valence-corrected chi connectivity index (χ1v) is 6.65. The second-order valence-electron chi connectivity index (χ2n) is 3.37. The van der Waals surface area contributed by atoms with E-state index in [4.69, 9.17) is 4.74 Å². The van der Waals surface area contributed by atoms with Gasteiger partial charge in [0.05, 0.1) is 0 Å². The average molecular weight is 238 g/mol. The fourth-order valence-electron chi connectivity index (χ4n) is 1.21. The van der Waals surface area contributed by atoms with Gasteiger partial charge in [-0.3, -0.25) is 4.79 Å². The van der Waals surface area contributed by atoms with Gasteiger partial charge in [-0.15, -0.1) is 0 Å². The molecule has 16 heavy (non-hydrogen) atoms. The average Bonchev–Trinajstić information content (AvgIpc) is 2.33. The molecule has 0 bridgehead atoms. The molecule has 0 heterocycles. The molecule has 1 aromatic carbocycles. The largest absolute Gasteiger partial charge is 0.461 e. The Kier molecular flexibility index (Phi) is 6.58. The molecule has 2 nitrogen and oxygen atoms in total. The van der Waals surface area contributed by atoms with Gasteiger partial charge < -0.3 is 4.74 Å². The Bertz CT molecular complexity index is 333. The summed E-state index contributed by atoms with van der Waals surface area (Å²) in [5.41, 5.74) is 1.03. The van der Waals surface area contributed by atoms with E-state index in [0.29, 0.717) is 13.0 Å². The molecule has 3 heteroatoms. The van der Waals surface area contributed by atoms with Gasteiger partial charge in [-0.2, -0.15) is 0 Å². The molecule has 0 saturated carbocycles. The Hall–Kier alpha value is -1.09. The highest BCUT2D eigenvalue weighted by Gasteiger charge is 2.01. The number of benzene rings is 1. The molecular weight excluding hydrogens is 220 g/mol. The Morgan fingerprint density at radius 1 is 1.38 bits per heavy atom. The minimum atomic E-state index is -0.119. The molecule has 0 unspecified atom stereocenters. The third-order valence-electron chi connectivity index (χ3n) is 2.03. The fraction of sp³-hybridized carbons (Fsp3) is 0.385. The van der Waals surface area contributed by atoms with E-state index >= 15 is 0 Å². The van der Waals surface area contributed by atoms with Crippen molar-refractivity contribution >= 4 is 22.7 Å². The Labute approximate surface area is 101 Å². The lowest BCUT2D eigenvalue weighted by Gasteiger charge is -2.03. The van der Waals surface area contributed by atoms with Gasteiger partial charge >= 0.3 is 5.97 Å². The van der Waals surface area contributed by atoms with Gasteiger partial charge in [0.15, 0.2) is 0 Å². The van der Waals surface area contributed by atoms with Crippen molar-refractivity contribution in [2.45, 2.75) is 26.4 Å². The highest BCUT2D eigenvalue weighted by molar-refractivity contribution is 7.97. The molecule has 0 fully saturated rings. The van der Waals surface area contributed by atoms with Crippen molar-refractivity contribution in [3.05, 3.63) is 35.9 Å². The van der Waals surface area contributed by atoms with Crippen molar-refractivity contribution in [1.29, 1.82) is 0 Å². The van der Waals surface area contributed by atoms with E-state index in [1.54, 1.807) is 0 Å². The third kappa shape index (κ3) is 5.71. The van der Waals surface area contributed by atoms with Crippen LogP contribution >= 0.6 is 11.4 Å². The molecule has 0 N–H and O–H groups in total. The van der Waals surface area contributed by atoms with Crippen LogP contribution in [0.15, 0.2) is 30.3 Å². The topological polar surface area (TPSA) is 26.3 Å². The van der Waals surface area contributed by atoms with Gasteiger partial charge in [-0.05, 0) is 17.7 Å². The predicted octanol–water partition coefficient (Wildman–Crippen LogP) is 2.80. The fourth-order valence-corrected chi connectivity index (χ4v) is 1.78. The van der Waals surface area contributed by atoms with Crippen molar-refractivity contribution in [3.63, 3.8) is 0 Å². The van der Waals surface area contributed by atoms with Crippen molar-refractivity contribution in [2.75, 3.05) is 5.75 Å². The van der Waals surface area contributed by atoms with Crippen LogP contribution in [-0.2, 0) is 16.1 Å². The van der Waals surface area contributed by atoms with E-state index in [2.05, 4.69) is 12.3 Å². The van der Waals surface area contributed by atoms with Gasteiger partial charge in [0.25, 0.3) is 0 Å². The summed E-state index contributed by atoms with van der Waals surface area (Å²) in [7, 11) is 0. The number of carbonyl (C=O) groups is 1. The molecule has 0 amide bonds. The molecular formula is C13H18O2S. The van der Waals surface area contributed by atoms with Crippen LogP contribution in [0.1, 0.15) is 25.3 Å². The van der Waals surface area contributed by atoms with Gasteiger partial charge in [0.1, 0.15) is 6.61 Å². The van der Waals surface area contributed by atoms with E-state index in [0.717, 1.165) is 17.7 Å². The number of hydrogen-bond acceptors (Lipinski definition) is 2. The molecule has 0 atom stereocenters. The van der Waals surface area contributed by atoms with Crippen LogP contribution in [0.3, 0.4) is 0 Å². The smallest absolute Gasteiger partial charge is 0.306 e. The summed E-state index contributed by atoms with van der Waals surface area (Å²) in [6, 6.07) is 9.74. The zero-order valence-corrected chi connectivity index (χ0v) is 10.5. The molecule has 0 aliphatic rings. The third-order valence-corrected chi connectivity index (χ3v) is 2.91. The van der Waals surface area contributed by atoms with E-state index in [9.17, 15) is 4.79 Å². The van der Waals surface area contributed by atoms with Gasteiger partial charge in [-0.25, -0.2) is 11.4 Å². The summed E-state index contributed by atoms with van der Waals surface area (Å²) in [5, 5.41) is 2.11. The van der Waals surface area contributed by atoms with Crippen LogP contribution in [0, 0.1) is 0 Å². The van der Waals surface area contributed by atoms with Gasteiger partial charge in [-0.1, -0.05) is 42.6 Å². The molecule has 0 aliphatic heterocycles.